The highest BCUT2D eigenvalue weighted by Crippen LogP contribution is 2.33. The van der Waals surface area contributed by atoms with Crippen LogP contribution >= 0.6 is 23.2 Å². The number of carbonyl (C=O) groups is 1. The third-order valence-corrected chi connectivity index (χ3v) is 2.71. The lowest BCUT2D eigenvalue weighted by atomic mass is 10.2. The van der Waals surface area contributed by atoms with Crippen LogP contribution in [-0.4, -0.2) is 12.1 Å². The second-order valence-corrected chi connectivity index (χ2v) is 4.09. The van der Waals surface area contributed by atoms with Crippen molar-refractivity contribution < 1.29 is 9.90 Å². The molecule has 5 heteroatoms. The van der Waals surface area contributed by atoms with Gasteiger partial charge < -0.3 is 14.8 Å². The number of anilines is 1. The Hall–Kier alpha value is -0.930. The van der Waals surface area contributed by atoms with Gasteiger partial charge in [0.2, 0.25) is 0 Å². The van der Waals surface area contributed by atoms with Gasteiger partial charge in [-0.1, -0.05) is 29.3 Å². The van der Waals surface area contributed by atoms with Gasteiger partial charge >= 0.3 is 0 Å². The van der Waals surface area contributed by atoms with Crippen molar-refractivity contribution in [2.45, 2.75) is 19.9 Å². The van der Waals surface area contributed by atoms with E-state index in [9.17, 15) is 9.90 Å². The van der Waals surface area contributed by atoms with Crippen LogP contribution in [0.25, 0.3) is 0 Å². The minimum Gasteiger partial charge on any atom is -0.530 e. The van der Waals surface area contributed by atoms with Gasteiger partial charge in [-0.2, -0.15) is 0 Å². The highest BCUT2D eigenvalue weighted by Gasteiger charge is 2.16. The third-order valence-electron chi connectivity index (χ3n) is 1.90. The second kappa shape index (κ2) is 4.73. The average molecular weight is 247 g/mol. The summed E-state index contributed by atoms with van der Waals surface area (Å²) in [5.74, 6) is 0. The number of hydrogen-bond donors (Lipinski definition) is 0. The van der Waals surface area contributed by atoms with Crippen LogP contribution in [0.2, 0.25) is 10.0 Å². The van der Waals surface area contributed by atoms with Crippen molar-refractivity contribution in [1.29, 1.82) is 0 Å². The van der Waals surface area contributed by atoms with E-state index in [-0.39, 0.29) is 11.1 Å². The number of halogens is 2. The maximum atomic E-state index is 10.9. The van der Waals surface area contributed by atoms with E-state index < -0.39 is 6.09 Å². The Morgan fingerprint density at radius 2 is 2.00 bits per heavy atom. The van der Waals surface area contributed by atoms with E-state index in [0.29, 0.717) is 10.7 Å². The summed E-state index contributed by atoms with van der Waals surface area (Å²) in [6, 6.07) is 4.57. The first kappa shape index (κ1) is 12.1. The Labute approximate surface area is 98.2 Å². The lowest BCUT2D eigenvalue weighted by molar-refractivity contribution is -0.247. The first-order chi connectivity index (χ1) is 6.95. The minimum absolute atomic E-state index is 0.220. The molecule has 3 nitrogen and oxygen atoms in total. The number of carboxylic acid groups (broad SMARTS) is 1. The van der Waals surface area contributed by atoms with Crippen molar-refractivity contribution in [1.82, 2.24) is 0 Å². The molecule has 1 rings (SSSR count). The molecule has 0 fully saturated rings. The van der Waals surface area contributed by atoms with E-state index in [1.165, 1.54) is 0 Å². The summed E-state index contributed by atoms with van der Waals surface area (Å²) in [5.41, 5.74) is 0.346. The number of nitrogens with zero attached hydrogens (tertiary/aromatic N) is 1. The molecule has 0 saturated carbocycles. The highest BCUT2D eigenvalue weighted by atomic mass is 35.5. The molecule has 1 aromatic carbocycles. The van der Waals surface area contributed by atoms with E-state index in [4.69, 9.17) is 23.2 Å². The van der Waals surface area contributed by atoms with Gasteiger partial charge in [-0.05, 0) is 26.0 Å². The summed E-state index contributed by atoms with van der Waals surface area (Å²) in [6.07, 6.45) is -1.30. The molecule has 0 spiro atoms. The summed E-state index contributed by atoms with van der Waals surface area (Å²) < 4.78 is 0. The Balaban J connectivity index is 3.23. The normalized spacial score (nSPS) is 10.5. The van der Waals surface area contributed by atoms with Gasteiger partial charge in [-0.15, -0.1) is 0 Å². The van der Waals surface area contributed by atoms with Gasteiger partial charge in [0.05, 0.1) is 15.7 Å². The number of hydrogen-bond acceptors (Lipinski definition) is 2. The molecule has 0 saturated heterocycles. The Morgan fingerprint density at radius 1 is 1.40 bits per heavy atom. The quantitative estimate of drug-likeness (QED) is 0.805. The monoisotopic (exact) mass is 246 g/mol. The first-order valence-electron chi connectivity index (χ1n) is 4.39. The Morgan fingerprint density at radius 3 is 2.47 bits per heavy atom. The summed E-state index contributed by atoms with van der Waals surface area (Å²) in [6.45, 7) is 3.46. The predicted molar refractivity (Wildman–Crippen MR) is 59.5 cm³/mol. The number of rotatable bonds is 2. The van der Waals surface area contributed by atoms with Crippen LogP contribution in [-0.2, 0) is 0 Å². The maximum Gasteiger partial charge on any atom is 0.141 e. The summed E-state index contributed by atoms with van der Waals surface area (Å²) in [7, 11) is 0. The minimum atomic E-state index is -1.30. The molecule has 1 amide bonds. The molecular formula is C10H10Cl2NO2-. The summed E-state index contributed by atoms with van der Waals surface area (Å²) >= 11 is 11.7. The van der Waals surface area contributed by atoms with E-state index in [1.807, 2.05) is 0 Å². The zero-order valence-corrected chi connectivity index (χ0v) is 9.84. The molecule has 0 N–H and O–H groups in total. The van der Waals surface area contributed by atoms with Gasteiger partial charge in [-0.25, -0.2) is 0 Å². The number of amides is 1. The zero-order chi connectivity index (χ0) is 11.6. The van der Waals surface area contributed by atoms with Crippen molar-refractivity contribution in [2.75, 3.05) is 4.90 Å². The van der Waals surface area contributed by atoms with Crippen LogP contribution in [0.4, 0.5) is 10.5 Å². The van der Waals surface area contributed by atoms with Crippen molar-refractivity contribution in [2.24, 2.45) is 0 Å². The van der Waals surface area contributed by atoms with Gasteiger partial charge in [0.1, 0.15) is 6.09 Å². The lowest BCUT2D eigenvalue weighted by Crippen LogP contribution is -2.45. The van der Waals surface area contributed by atoms with Crippen LogP contribution < -0.4 is 10.0 Å². The standard InChI is InChI=1S/C10H11Cl2NO2/c1-6(2)13(10(14)15)8-5-3-4-7(11)9(8)12/h3-6H,1-2H3,(H,14,15)/p-1. The molecule has 0 aliphatic heterocycles. The third kappa shape index (κ3) is 2.55. The molecule has 15 heavy (non-hydrogen) atoms. The van der Waals surface area contributed by atoms with Crippen molar-refractivity contribution >= 4 is 35.0 Å². The van der Waals surface area contributed by atoms with Gasteiger partial charge in [-0.3, -0.25) is 0 Å². The largest absolute Gasteiger partial charge is 0.530 e. The van der Waals surface area contributed by atoms with Gasteiger partial charge in [0, 0.05) is 6.04 Å². The molecule has 0 heterocycles. The van der Waals surface area contributed by atoms with Gasteiger partial charge in [0.25, 0.3) is 0 Å². The second-order valence-electron chi connectivity index (χ2n) is 3.30. The molecule has 0 unspecified atom stereocenters. The molecule has 82 valence electrons. The van der Waals surface area contributed by atoms with Crippen LogP contribution in [0, 0.1) is 0 Å². The van der Waals surface area contributed by atoms with Crippen LogP contribution in [0.3, 0.4) is 0 Å². The molecule has 0 aliphatic rings. The van der Waals surface area contributed by atoms with Crippen LogP contribution in [0.1, 0.15) is 13.8 Å². The summed E-state index contributed by atoms with van der Waals surface area (Å²) in [4.78, 5) is 12.0. The average Bonchev–Trinajstić information content (AvgIpc) is 2.11. The van der Waals surface area contributed by atoms with Crippen molar-refractivity contribution in [3.05, 3.63) is 28.2 Å². The number of benzene rings is 1. The predicted octanol–water partition coefficient (Wildman–Crippen LogP) is 2.55. The Bertz CT molecular complexity index is 380. The fourth-order valence-electron chi connectivity index (χ4n) is 1.27. The number of carbonyl (C=O) groups excluding carboxylic acids is 1. The van der Waals surface area contributed by atoms with E-state index in [2.05, 4.69) is 0 Å². The maximum absolute atomic E-state index is 10.9. The van der Waals surface area contributed by atoms with Crippen molar-refractivity contribution in [3.63, 3.8) is 0 Å². The molecule has 1 aromatic rings. The van der Waals surface area contributed by atoms with Crippen LogP contribution in [0.15, 0.2) is 18.2 Å². The fraction of sp³-hybridized carbons (Fsp3) is 0.300. The van der Waals surface area contributed by atoms with E-state index in [1.54, 1.807) is 32.0 Å². The molecular weight excluding hydrogens is 237 g/mol. The molecule has 0 aliphatic carbocycles. The highest BCUT2D eigenvalue weighted by molar-refractivity contribution is 6.44. The molecule has 0 aromatic heterocycles. The topological polar surface area (TPSA) is 43.4 Å². The van der Waals surface area contributed by atoms with E-state index >= 15 is 0 Å². The smallest absolute Gasteiger partial charge is 0.141 e. The van der Waals surface area contributed by atoms with Gasteiger partial charge in [0.15, 0.2) is 0 Å². The lowest BCUT2D eigenvalue weighted by Gasteiger charge is -2.30. The summed E-state index contributed by atoms with van der Waals surface area (Å²) in [5, 5.41) is 11.5. The van der Waals surface area contributed by atoms with Crippen LogP contribution in [0.5, 0.6) is 0 Å². The van der Waals surface area contributed by atoms with E-state index in [0.717, 1.165) is 4.90 Å². The first-order valence-corrected chi connectivity index (χ1v) is 5.15. The molecule has 0 atom stereocenters. The van der Waals surface area contributed by atoms with Crippen molar-refractivity contribution in [3.8, 4) is 0 Å². The fourth-order valence-corrected chi connectivity index (χ4v) is 1.65. The molecule has 0 radical (unpaired) electrons. The zero-order valence-electron chi connectivity index (χ0n) is 8.33. The SMILES string of the molecule is CC(C)N(C(=O)[O-])c1cccc(Cl)c1Cl. The Kier molecular flexibility index (Phi) is 3.83. The molecule has 0 bridgehead atoms.